The first-order valence-electron chi connectivity index (χ1n) is 10.0. The molecule has 2 saturated heterocycles. The van der Waals surface area contributed by atoms with Crippen LogP contribution in [0.25, 0.3) is 0 Å². The van der Waals surface area contributed by atoms with Gasteiger partial charge in [0.2, 0.25) is 0 Å². The normalized spacial score (nSPS) is 18.6. The van der Waals surface area contributed by atoms with Crippen molar-refractivity contribution in [3.63, 3.8) is 0 Å². The molecule has 0 radical (unpaired) electrons. The molecule has 0 unspecified atom stereocenters. The van der Waals surface area contributed by atoms with Gasteiger partial charge in [0.05, 0.1) is 26.2 Å². The smallest absolute Gasteiger partial charge is 0.277 e. The molecule has 2 aromatic rings. The first kappa shape index (κ1) is 17.9. The molecule has 0 spiro atoms. The monoisotopic (exact) mass is 365 g/mol. The summed E-state index contributed by atoms with van der Waals surface area (Å²) in [6.07, 6.45) is 0. The molecule has 0 bridgehead atoms. The van der Waals surface area contributed by atoms with Crippen LogP contribution < -0.4 is 14.7 Å². The summed E-state index contributed by atoms with van der Waals surface area (Å²) in [6.45, 7) is 8.25. The topological polar surface area (TPSA) is 31.2 Å². The number of nitrogens with one attached hydrogen (secondary N) is 1. The van der Waals surface area contributed by atoms with Crippen molar-refractivity contribution in [2.24, 2.45) is 0 Å². The van der Waals surface area contributed by atoms with E-state index in [0.29, 0.717) is 12.5 Å². The fourth-order valence-electron chi connectivity index (χ4n) is 4.08. The number of carbonyl (C=O) groups excluding carboxylic acids is 1. The molecule has 1 N–H and O–H groups in total. The molecule has 2 aromatic carbocycles. The predicted octanol–water partition coefficient (Wildman–Crippen LogP) is 0.740. The van der Waals surface area contributed by atoms with Crippen LogP contribution >= 0.6 is 0 Å². The summed E-state index contributed by atoms with van der Waals surface area (Å²) in [6, 6.07) is 21.1. The van der Waals surface area contributed by atoms with Crippen LogP contribution in [0.3, 0.4) is 0 Å². The molecule has 2 heterocycles. The van der Waals surface area contributed by atoms with Crippen LogP contribution in [0.5, 0.6) is 0 Å². The molecule has 2 aliphatic heterocycles. The molecule has 1 amide bonds. The molecule has 0 aromatic heterocycles. The zero-order valence-corrected chi connectivity index (χ0v) is 15.9. The number of amides is 1. The maximum Gasteiger partial charge on any atom is 0.277 e. The van der Waals surface area contributed by atoms with Crippen molar-refractivity contribution in [1.29, 1.82) is 0 Å². The Labute approximate surface area is 161 Å². The number of carbonyl (C=O) groups is 1. The summed E-state index contributed by atoms with van der Waals surface area (Å²) >= 11 is 0. The second kappa shape index (κ2) is 8.44. The number of anilines is 2. The zero-order chi connectivity index (χ0) is 18.5. The summed E-state index contributed by atoms with van der Waals surface area (Å²) in [5.74, 6) is 0.311. The molecule has 2 fully saturated rings. The quantitative estimate of drug-likeness (QED) is 0.867. The molecule has 142 valence electrons. The number of hydrogen-bond acceptors (Lipinski definition) is 3. The van der Waals surface area contributed by atoms with E-state index in [2.05, 4.69) is 69.3 Å². The lowest BCUT2D eigenvalue weighted by Crippen LogP contribution is -3.16. The van der Waals surface area contributed by atoms with E-state index in [1.165, 1.54) is 16.3 Å². The van der Waals surface area contributed by atoms with E-state index in [-0.39, 0.29) is 0 Å². The molecular formula is C22H29N4O+. The van der Waals surface area contributed by atoms with Crippen molar-refractivity contribution in [3.05, 3.63) is 60.7 Å². The Hall–Kier alpha value is -2.53. The fourth-order valence-corrected chi connectivity index (χ4v) is 4.08. The van der Waals surface area contributed by atoms with Gasteiger partial charge in [0.15, 0.2) is 6.54 Å². The predicted molar refractivity (Wildman–Crippen MR) is 109 cm³/mol. The van der Waals surface area contributed by atoms with Gasteiger partial charge in [0.1, 0.15) is 0 Å². The molecule has 27 heavy (non-hydrogen) atoms. The highest BCUT2D eigenvalue weighted by molar-refractivity contribution is 5.77. The fraction of sp³-hybridized carbons (Fsp3) is 0.409. The average molecular weight is 366 g/mol. The van der Waals surface area contributed by atoms with Gasteiger partial charge in [0, 0.05) is 37.6 Å². The molecule has 4 rings (SSSR count). The van der Waals surface area contributed by atoms with Crippen LogP contribution in [0.4, 0.5) is 11.4 Å². The average Bonchev–Trinajstić information content (AvgIpc) is 2.76. The van der Waals surface area contributed by atoms with Crippen molar-refractivity contribution >= 4 is 17.3 Å². The van der Waals surface area contributed by atoms with Gasteiger partial charge in [-0.1, -0.05) is 36.4 Å². The van der Waals surface area contributed by atoms with Crippen molar-refractivity contribution in [2.75, 3.05) is 68.7 Å². The van der Waals surface area contributed by atoms with E-state index in [1.54, 1.807) is 0 Å². The summed E-state index contributed by atoms with van der Waals surface area (Å²) in [7, 11) is 0. The summed E-state index contributed by atoms with van der Waals surface area (Å²) < 4.78 is 0. The van der Waals surface area contributed by atoms with E-state index in [0.717, 1.165) is 52.4 Å². The highest BCUT2D eigenvalue weighted by atomic mass is 16.2. The zero-order valence-electron chi connectivity index (χ0n) is 15.9. The first-order chi connectivity index (χ1) is 13.3. The van der Waals surface area contributed by atoms with E-state index in [1.807, 2.05) is 6.07 Å². The Morgan fingerprint density at radius 1 is 0.704 bits per heavy atom. The number of piperazine rings is 2. The lowest BCUT2D eigenvalue weighted by molar-refractivity contribution is -0.892. The first-order valence-corrected chi connectivity index (χ1v) is 10.0. The summed E-state index contributed by atoms with van der Waals surface area (Å²) in [5.41, 5.74) is 2.55. The second-order valence-electron chi connectivity index (χ2n) is 7.45. The highest BCUT2D eigenvalue weighted by Gasteiger charge is 2.27. The lowest BCUT2D eigenvalue weighted by Gasteiger charge is -2.37. The maximum atomic E-state index is 12.7. The highest BCUT2D eigenvalue weighted by Crippen LogP contribution is 2.15. The van der Waals surface area contributed by atoms with Crippen LogP contribution in [-0.4, -0.2) is 69.7 Å². The van der Waals surface area contributed by atoms with Gasteiger partial charge < -0.3 is 19.6 Å². The van der Waals surface area contributed by atoms with E-state index in [9.17, 15) is 4.79 Å². The molecule has 0 aliphatic carbocycles. The van der Waals surface area contributed by atoms with Gasteiger partial charge in [0.25, 0.3) is 5.91 Å². The standard InChI is InChI=1S/C22H28N4O/c27-22(26-17-15-25(16-18-26)21-9-5-2-6-10-21)19-23-11-13-24(14-12-23)20-7-3-1-4-8-20/h1-10H,11-19H2/p+1. The van der Waals surface area contributed by atoms with Crippen LogP contribution in [-0.2, 0) is 4.79 Å². The number of nitrogens with zero attached hydrogens (tertiary/aromatic N) is 3. The van der Waals surface area contributed by atoms with E-state index in [4.69, 9.17) is 0 Å². The van der Waals surface area contributed by atoms with Gasteiger partial charge in [-0.3, -0.25) is 4.79 Å². The van der Waals surface area contributed by atoms with Crippen LogP contribution in [0, 0.1) is 0 Å². The minimum Gasteiger partial charge on any atom is -0.368 e. The van der Waals surface area contributed by atoms with Crippen molar-refractivity contribution in [2.45, 2.75) is 0 Å². The van der Waals surface area contributed by atoms with Gasteiger partial charge >= 0.3 is 0 Å². The minimum atomic E-state index is 0.311. The molecule has 5 nitrogen and oxygen atoms in total. The molecular weight excluding hydrogens is 336 g/mol. The number of quaternary nitrogens is 1. The lowest BCUT2D eigenvalue weighted by atomic mass is 10.2. The molecule has 0 saturated carbocycles. The largest absolute Gasteiger partial charge is 0.368 e. The van der Waals surface area contributed by atoms with Crippen LogP contribution in [0.15, 0.2) is 60.7 Å². The maximum absolute atomic E-state index is 12.7. The Kier molecular flexibility index (Phi) is 5.58. The van der Waals surface area contributed by atoms with Gasteiger partial charge in [-0.25, -0.2) is 0 Å². The Balaban J connectivity index is 1.22. The summed E-state index contributed by atoms with van der Waals surface area (Å²) in [4.78, 5) is 21.0. The minimum absolute atomic E-state index is 0.311. The van der Waals surface area contributed by atoms with Crippen molar-refractivity contribution < 1.29 is 9.69 Å². The number of rotatable bonds is 4. The SMILES string of the molecule is O=C(C[NH+]1CCN(c2ccccc2)CC1)N1CCN(c2ccccc2)CC1. The molecule has 2 aliphatic rings. The third kappa shape index (κ3) is 4.42. The number of para-hydroxylation sites is 2. The summed E-state index contributed by atoms with van der Waals surface area (Å²) in [5, 5.41) is 0. The number of hydrogen-bond donors (Lipinski definition) is 1. The third-order valence-corrected chi connectivity index (χ3v) is 5.75. The number of benzene rings is 2. The van der Waals surface area contributed by atoms with Gasteiger partial charge in [-0.15, -0.1) is 0 Å². The Bertz CT molecular complexity index is 720. The van der Waals surface area contributed by atoms with Crippen molar-refractivity contribution in [1.82, 2.24) is 4.90 Å². The van der Waals surface area contributed by atoms with Gasteiger partial charge in [-0.05, 0) is 24.3 Å². The Morgan fingerprint density at radius 2 is 1.19 bits per heavy atom. The molecule has 0 atom stereocenters. The van der Waals surface area contributed by atoms with E-state index < -0.39 is 0 Å². The van der Waals surface area contributed by atoms with Crippen molar-refractivity contribution in [3.8, 4) is 0 Å². The third-order valence-electron chi connectivity index (χ3n) is 5.75. The second-order valence-corrected chi connectivity index (χ2v) is 7.45. The van der Waals surface area contributed by atoms with E-state index >= 15 is 0 Å². The van der Waals surface area contributed by atoms with Crippen LogP contribution in [0.2, 0.25) is 0 Å². The van der Waals surface area contributed by atoms with Crippen LogP contribution in [0.1, 0.15) is 0 Å². The van der Waals surface area contributed by atoms with Gasteiger partial charge in [-0.2, -0.15) is 0 Å². The molecule has 5 heteroatoms. The Morgan fingerprint density at radius 3 is 1.70 bits per heavy atom.